The summed E-state index contributed by atoms with van der Waals surface area (Å²) in [5.74, 6) is 1.81. The second kappa shape index (κ2) is 3.94. The number of carbonyl (C=O) groups is 1. The van der Waals surface area contributed by atoms with Gasteiger partial charge in [0.15, 0.2) is 0 Å². The van der Waals surface area contributed by atoms with E-state index in [2.05, 4.69) is 10.7 Å². The quantitative estimate of drug-likeness (QED) is 0.542. The van der Waals surface area contributed by atoms with E-state index >= 15 is 0 Å². The van der Waals surface area contributed by atoms with E-state index in [9.17, 15) is 4.79 Å². The van der Waals surface area contributed by atoms with Gasteiger partial charge in [-0.3, -0.25) is 15.5 Å². The van der Waals surface area contributed by atoms with Crippen molar-refractivity contribution in [2.24, 2.45) is 0 Å². The molecule has 64 valence electrons. The van der Waals surface area contributed by atoms with Gasteiger partial charge in [-0.1, -0.05) is 0 Å². The first-order valence-electron chi connectivity index (χ1n) is 3.49. The maximum atomic E-state index is 11.2. The van der Waals surface area contributed by atoms with Gasteiger partial charge in [0, 0.05) is 25.7 Å². The van der Waals surface area contributed by atoms with Crippen molar-refractivity contribution in [3.8, 4) is 0 Å². The van der Waals surface area contributed by atoms with Crippen molar-refractivity contribution >= 4 is 17.7 Å². The van der Waals surface area contributed by atoms with Gasteiger partial charge in [-0.15, -0.1) is 11.8 Å². The number of carbonyl (C=O) groups excluding carboxylic acids is 1. The van der Waals surface area contributed by atoms with Crippen LogP contribution in [0.25, 0.3) is 0 Å². The Morgan fingerprint density at radius 1 is 1.73 bits per heavy atom. The summed E-state index contributed by atoms with van der Waals surface area (Å²) < 4.78 is 0. The molecule has 0 saturated carbocycles. The van der Waals surface area contributed by atoms with Gasteiger partial charge in [0.05, 0.1) is 6.04 Å². The summed E-state index contributed by atoms with van der Waals surface area (Å²) in [5, 5.41) is 4.75. The molecular formula is C6H13N3OS. The Labute approximate surface area is 70.7 Å². The summed E-state index contributed by atoms with van der Waals surface area (Å²) in [6.07, 6.45) is 0. The minimum Gasteiger partial charge on any atom is -0.296 e. The molecule has 4 nitrogen and oxygen atoms in total. The normalized spacial score (nSPS) is 24.1. The Balaban J connectivity index is 2.28. The molecule has 0 aromatic heterocycles. The topological polar surface area (TPSA) is 44.4 Å². The number of rotatable bonds is 2. The maximum Gasteiger partial charge on any atom is 0.252 e. The first-order chi connectivity index (χ1) is 5.20. The van der Waals surface area contributed by atoms with Crippen molar-refractivity contribution in [3.05, 3.63) is 0 Å². The van der Waals surface area contributed by atoms with E-state index in [-0.39, 0.29) is 11.9 Å². The number of nitrogens with one attached hydrogen (secondary N) is 2. The fourth-order valence-corrected chi connectivity index (χ4v) is 1.80. The molecule has 5 heteroatoms. The highest BCUT2D eigenvalue weighted by molar-refractivity contribution is 7.99. The lowest BCUT2D eigenvalue weighted by molar-refractivity contribution is -0.126. The molecule has 2 N–H and O–H groups in total. The fourth-order valence-electron chi connectivity index (χ4n) is 0.862. The van der Waals surface area contributed by atoms with E-state index in [0.29, 0.717) is 0 Å². The molecule has 0 spiro atoms. The Morgan fingerprint density at radius 2 is 2.45 bits per heavy atom. The molecule has 0 bridgehead atoms. The molecular weight excluding hydrogens is 162 g/mol. The molecule has 0 aromatic carbocycles. The number of hydrogen-bond acceptors (Lipinski definition) is 4. The van der Waals surface area contributed by atoms with Crippen LogP contribution in [0.2, 0.25) is 0 Å². The average Bonchev–Trinajstić information content (AvgIpc) is 2.35. The van der Waals surface area contributed by atoms with Gasteiger partial charge < -0.3 is 0 Å². The van der Waals surface area contributed by atoms with E-state index in [4.69, 9.17) is 0 Å². The average molecular weight is 175 g/mol. The van der Waals surface area contributed by atoms with E-state index in [0.717, 1.165) is 11.6 Å². The van der Waals surface area contributed by atoms with E-state index in [1.807, 2.05) is 0 Å². The molecule has 1 unspecified atom stereocenters. The number of amides is 1. The third-order valence-corrected chi connectivity index (χ3v) is 2.31. The summed E-state index contributed by atoms with van der Waals surface area (Å²) >= 11 is 1.75. The van der Waals surface area contributed by atoms with Crippen LogP contribution in [-0.4, -0.2) is 42.7 Å². The van der Waals surface area contributed by atoms with E-state index in [1.54, 1.807) is 30.9 Å². The third-order valence-electron chi connectivity index (χ3n) is 1.37. The van der Waals surface area contributed by atoms with Gasteiger partial charge >= 0.3 is 0 Å². The summed E-state index contributed by atoms with van der Waals surface area (Å²) in [4.78, 5) is 11.2. The molecule has 0 aromatic rings. The Bertz CT molecular complexity index is 145. The Hall–Kier alpha value is -0.260. The molecule has 0 aliphatic carbocycles. The van der Waals surface area contributed by atoms with Crippen molar-refractivity contribution in [1.82, 2.24) is 15.8 Å². The van der Waals surface area contributed by atoms with E-state index < -0.39 is 0 Å². The fraction of sp³-hybridized carbons (Fsp3) is 0.833. The molecule has 1 aliphatic rings. The largest absolute Gasteiger partial charge is 0.296 e. The first kappa shape index (κ1) is 8.83. The van der Waals surface area contributed by atoms with Crippen LogP contribution in [0.1, 0.15) is 0 Å². The van der Waals surface area contributed by atoms with Crippen molar-refractivity contribution in [2.45, 2.75) is 6.04 Å². The van der Waals surface area contributed by atoms with Crippen molar-refractivity contribution < 1.29 is 4.79 Å². The van der Waals surface area contributed by atoms with Crippen LogP contribution in [-0.2, 0) is 4.79 Å². The first-order valence-corrected chi connectivity index (χ1v) is 4.64. The van der Waals surface area contributed by atoms with Crippen LogP contribution >= 0.6 is 11.8 Å². The molecule has 1 heterocycles. The van der Waals surface area contributed by atoms with Crippen LogP contribution in [0.3, 0.4) is 0 Å². The highest BCUT2D eigenvalue weighted by Crippen LogP contribution is 2.08. The van der Waals surface area contributed by atoms with Gasteiger partial charge in [-0.05, 0) is 0 Å². The van der Waals surface area contributed by atoms with Gasteiger partial charge in [-0.25, -0.2) is 5.01 Å². The highest BCUT2D eigenvalue weighted by atomic mass is 32.2. The van der Waals surface area contributed by atoms with Gasteiger partial charge in [-0.2, -0.15) is 0 Å². The Morgan fingerprint density at radius 3 is 2.91 bits per heavy atom. The van der Waals surface area contributed by atoms with Gasteiger partial charge in [0.2, 0.25) is 0 Å². The standard InChI is InChI=1S/C6H13N3OS/c1-9(2)8-6(10)5-3-11-4-7-5/h5,7H,3-4H2,1-2H3,(H,8,10). The monoisotopic (exact) mass is 175 g/mol. The number of hydrazine groups is 1. The summed E-state index contributed by atoms with van der Waals surface area (Å²) in [6.45, 7) is 0. The molecule has 0 radical (unpaired) electrons. The smallest absolute Gasteiger partial charge is 0.252 e. The maximum absolute atomic E-state index is 11.2. The SMILES string of the molecule is CN(C)NC(=O)C1CSCN1. The molecule has 1 rings (SSSR count). The van der Waals surface area contributed by atoms with Crippen LogP contribution in [0.4, 0.5) is 0 Å². The summed E-state index contributed by atoms with van der Waals surface area (Å²) in [7, 11) is 3.61. The van der Waals surface area contributed by atoms with Crippen LogP contribution in [0.15, 0.2) is 0 Å². The highest BCUT2D eigenvalue weighted by Gasteiger charge is 2.22. The van der Waals surface area contributed by atoms with E-state index in [1.165, 1.54) is 0 Å². The lowest BCUT2D eigenvalue weighted by atomic mass is 10.3. The van der Waals surface area contributed by atoms with Crippen LogP contribution in [0.5, 0.6) is 0 Å². The van der Waals surface area contributed by atoms with Gasteiger partial charge in [0.25, 0.3) is 5.91 Å². The molecule has 1 aliphatic heterocycles. The van der Waals surface area contributed by atoms with Crippen molar-refractivity contribution in [1.29, 1.82) is 0 Å². The zero-order valence-corrected chi connectivity index (χ0v) is 7.57. The number of hydrogen-bond donors (Lipinski definition) is 2. The molecule has 11 heavy (non-hydrogen) atoms. The molecule has 1 atom stereocenters. The molecule has 1 fully saturated rings. The Kier molecular flexibility index (Phi) is 3.16. The minimum atomic E-state index is -0.0117. The minimum absolute atomic E-state index is 0.0117. The number of nitrogens with zero attached hydrogens (tertiary/aromatic N) is 1. The molecule has 1 amide bonds. The van der Waals surface area contributed by atoms with Crippen molar-refractivity contribution in [2.75, 3.05) is 25.7 Å². The van der Waals surface area contributed by atoms with Gasteiger partial charge in [0.1, 0.15) is 0 Å². The van der Waals surface area contributed by atoms with Crippen LogP contribution < -0.4 is 10.7 Å². The third kappa shape index (κ3) is 2.69. The zero-order valence-electron chi connectivity index (χ0n) is 6.76. The van der Waals surface area contributed by atoms with Crippen LogP contribution in [0, 0.1) is 0 Å². The number of thioether (sulfide) groups is 1. The molecule has 1 saturated heterocycles. The summed E-state index contributed by atoms with van der Waals surface area (Å²) in [5.41, 5.74) is 2.70. The van der Waals surface area contributed by atoms with Crippen molar-refractivity contribution in [3.63, 3.8) is 0 Å². The summed E-state index contributed by atoms with van der Waals surface area (Å²) in [6, 6.07) is -0.0117. The predicted molar refractivity (Wildman–Crippen MR) is 46.1 cm³/mol. The lowest BCUT2D eigenvalue weighted by Crippen LogP contribution is -2.47. The second-order valence-electron chi connectivity index (χ2n) is 2.64. The second-order valence-corrected chi connectivity index (χ2v) is 3.67. The zero-order chi connectivity index (χ0) is 8.27. The lowest BCUT2D eigenvalue weighted by Gasteiger charge is -2.15. The predicted octanol–water partition coefficient (Wildman–Crippen LogP) is -0.758.